The number of anilines is 1. The van der Waals surface area contributed by atoms with Gasteiger partial charge in [-0.25, -0.2) is 9.97 Å². The van der Waals surface area contributed by atoms with Crippen molar-refractivity contribution in [1.82, 2.24) is 19.9 Å². The molecule has 15 heavy (non-hydrogen) atoms. The summed E-state index contributed by atoms with van der Waals surface area (Å²) in [4.78, 5) is 13.4. The second-order valence-corrected chi connectivity index (χ2v) is 4.38. The molecular weight excluding hydrogens is 255 g/mol. The number of nitrogens with zero attached hydrogens (tertiary/aromatic N) is 2. The van der Waals surface area contributed by atoms with Gasteiger partial charge >= 0.3 is 0 Å². The molecule has 7 nitrogen and oxygen atoms in total. The maximum atomic E-state index is 9.19. The van der Waals surface area contributed by atoms with Gasteiger partial charge in [0.25, 0.3) is 7.15 Å². The number of aromatic nitrogens is 4. The summed E-state index contributed by atoms with van der Waals surface area (Å²) >= 11 is 8.82. The summed E-state index contributed by atoms with van der Waals surface area (Å²) in [7, 11) is -1.79. The molecule has 0 aliphatic rings. The van der Waals surface area contributed by atoms with Gasteiger partial charge in [0.2, 0.25) is 5.95 Å². The van der Waals surface area contributed by atoms with Gasteiger partial charge in [-0.15, -0.1) is 5.50 Å². The standard InChI is InChI=1S/C5H5N5S.H2NOPS/c6-5-9-3-2(4(11)10-5)7-1-8-3;1-3(2)4/h1H,(H4,6,7,8,9,10,11);(H2,1,2,4). The van der Waals surface area contributed by atoms with E-state index in [2.05, 4.69) is 37.7 Å². The van der Waals surface area contributed by atoms with Crippen LogP contribution in [0.5, 0.6) is 0 Å². The van der Waals surface area contributed by atoms with Gasteiger partial charge in [-0.1, -0.05) is 16.8 Å². The Balaban J connectivity index is 0.000000245. The number of hydrogen-bond donors (Lipinski definition) is 4. The Morgan fingerprint density at radius 1 is 1.60 bits per heavy atom. The van der Waals surface area contributed by atoms with E-state index in [-0.39, 0.29) is 5.95 Å². The number of H-pyrrole nitrogens is 2. The van der Waals surface area contributed by atoms with E-state index < -0.39 is 7.15 Å². The lowest BCUT2D eigenvalue weighted by Crippen LogP contribution is -1.94. The van der Waals surface area contributed by atoms with Crippen LogP contribution in [-0.2, 0) is 16.8 Å². The number of aromatic amines is 2. The molecule has 0 aliphatic carbocycles. The van der Waals surface area contributed by atoms with Gasteiger partial charge in [-0.05, 0) is 0 Å². The number of nitrogen functional groups attached to an aromatic ring is 1. The fourth-order valence-corrected chi connectivity index (χ4v) is 1.12. The molecule has 2 aromatic heterocycles. The molecule has 0 saturated heterocycles. The van der Waals surface area contributed by atoms with E-state index in [0.717, 1.165) is 0 Å². The van der Waals surface area contributed by atoms with Gasteiger partial charge in [-0.2, -0.15) is 0 Å². The van der Waals surface area contributed by atoms with Crippen molar-refractivity contribution in [2.75, 3.05) is 5.73 Å². The van der Waals surface area contributed by atoms with Crippen LogP contribution in [0.2, 0.25) is 0 Å². The predicted octanol–water partition coefficient (Wildman–Crippen LogP) is 0.747. The summed E-state index contributed by atoms with van der Waals surface area (Å²) in [6.45, 7) is 0. The van der Waals surface area contributed by atoms with Crippen molar-refractivity contribution in [3.63, 3.8) is 0 Å². The highest BCUT2D eigenvalue weighted by Crippen LogP contribution is 2.06. The van der Waals surface area contributed by atoms with Crippen molar-refractivity contribution >= 4 is 48.7 Å². The van der Waals surface area contributed by atoms with Crippen LogP contribution in [0.25, 0.3) is 11.2 Å². The topological polar surface area (TPSA) is 126 Å². The molecule has 0 amide bonds. The van der Waals surface area contributed by atoms with Crippen molar-refractivity contribution in [3.8, 4) is 0 Å². The molecular formula is C5H7N6OPS2. The van der Waals surface area contributed by atoms with Crippen molar-refractivity contribution in [2.24, 2.45) is 5.50 Å². The molecule has 2 rings (SSSR count). The van der Waals surface area contributed by atoms with Crippen LogP contribution in [0.4, 0.5) is 5.95 Å². The summed E-state index contributed by atoms with van der Waals surface area (Å²) in [5.74, 6) is 0.287. The van der Waals surface area contributed by atoms with Gasteiger partial charge in [0, 0.05) is 0 Å². The normalized spacial score (nSPS) is 10.7. The Hall–Kier alpha value is -1.02. The van der Waals surface area contributed by atoms with E-state index in [1.165, 1.54) is 6.33 Å². The third-order valence-corrected chi connectivity index (χ3v) is 1.62. The van der Waals surface area contributed by atoms with E-state index in [9.17, 15) is 4.57 Å². The van der Waals surface area contributed by atoms with E-state index in [1.807, 2.05) is 0 Å². The Morgan fingerprint density at radius 3 is 2.80 bits per heavy atom. The molecule has 10 heteroatoms. The lowest BCUT2D eigenvalue weighted by molar-refractivity contribution is 0.597. The number of fused-ring (bicyclic) bond motifs is 1. The maximum absolute atomic E-state index is 9.19. The second kappa shape index (κ2) is 5.17. The van der Waals surface area contributed by atoms with Gasteiger partial charge in [-0.3, -0.25) is 0 Å². The van der Waals surface area contributed by atoms with E-state index in [1.54, 1.807) is 0 Å². The lowest BCUT2D eigenvalue weighted by Gasteiger charge is -1.91. The third-order valence-electron chi connectivity index (χ3n) is 1.32. The molecule has 1 unspecified atom stereocenters. The lowest BCUT2D eigenvalue weighted by atomic mass is 10.6. The summed E-state index contributed by atoms with van der Waals surface area (Å²) < 4.78 is 9.62. The van der Waals surface area contributed by atoms with Crippen LogP contribution in [0.15, 0.2) is 6.33 Å². The molecule has 2 heterocycles. The van der Waals surface area contributed by atoms with Crippen molar-refractivity contribution in [2.45, 2.75) is 0 Å². The molecule has 0 radical (unpaired) electrons. The van der Waals surface area contributed by atoms with Crippen LogP contribution in [0, 0.1) is 4.64 Å². The Bertz CT molecular complexity index is 532. The molecule has 0 spiro atoms. The minimum atomic E-state index is -1.79. The fraction of sp³-hybridized carbons (Fsp3) is 0. The zero-order valence-electron chi connectivity index (χ0n) is 7.30. The molecule has 6 N–H and O–H groups in total. The SMILES string of the molecule is N[P+](=O)[S-].Nc1nc(=S)c2[nH]cnc2[nH]1. The van der Waals surface area contributed by atoms with Crippen molar-refractivity contribution < 1.29 is 4.57 Å². The second-order valence-electron chi connectivity index (χ2n) is 2.34. The minimum Gasteiger partial charge on any atom is -0.423 e. The zero-order valence-corrected chi connectivity index (χ0v) is 9.83. The Morgan fingerprint density at radius 2 is 2.20 bits per heavy atom. The number of nitrogens with two attached hydrogens (primary N) is 2. The van der Waals surface area contributed by atoms with Crippen LogP contribution >= 0.6 is 19.4 Å². The summed E-state index contributed by atoms with van der Waals surface area (Å²) in [5, 5.41) is 0. The first kappa shape index (κ1) is 12.1. The Labute approximate surface area is 95.7 Å². The molecule has 0 saturated carbocycles. The van der Waals surface area contributed by atoms with E-state index in [4.69, 9.17) is 18.0 Å². The first-order valence-corrected chi connectivity index (χ1v) is 6.33. The molecule has 0 bridgehead atoms. The molecule has 0 fully saturated rings. The molecule has 80 valence electrons. The minimum absolute atomic E-state index is 0.287. The van der Waals surface area contributed by atoms with Crippen molar-refractivity contribution in [1.29, 1.82) is 0 Å². The van der Waals surface area contributed by atoms with E-state index in [0.29, 0.717) is 15.8 Å². The van der Waals surface area contributed by atoms with E-state index >= 15 is 0 Å². The number of hydrogen-bond acceptors (Lipinski definition) is 6. The van der Waals surface area contributed by atoms with Gasteiger partial charge < -0.3 is 28.0 Å². The molecule has 1 atom stereocenters. The van der Waals surface area contributed by atoms with Crippen LogP contribution < -0.4 is 11.2 Å². The molecule has 2 aromatic rings. The predicted molar refractivity (Wildman–Crippen MR) is 62.6 cm³/mol. The summed E-state index contributed by atoms with van der Waals surface area (Å²) in [5.41, 5.74) is 11.2. The van der Waals surface area contributed by atoms with Crippen molar-refractivity contribution in [3.05, 3.63) is 11.0 Å². The number of nitrogens with one attached hydrogen (secondary N) is 2. The quantitative estimate of drug-likeness (QED) is 0.313. The van der Waals surface area contributed by atoms with Gasteiger partial charge in [0.05, 0.1) is 6.33 Å². The van der Waals surface area contributed by atoms with Crippen LogP contribution in [0.1, 0.15) is 0 Å². The number of rotatable bonds is 0. The fourth-order valence-electron chi connectivity index (χ4n) is 0.867. The summed E-state index contributed by atoms with van der Waals surface area (Å²) in [6.07, 6.45) is 1.54. The largest absolute Gasteiger partial charge is 0.423 e. The highest BCUT2D eigenvalue weighted by Gasteiger charge is 1.98. The first-order valence-electron chi connectivity index (χ1n) is 3.58. The molecule has 0 aliphatic heterocycles. The van der Waals surface area contributed by atoms with Crippen LogP contribution in [0.3, 0.4) is 0 Å². The average molecular weight is 262 g/mol. The monoisotopic (exact) mass is 262 g/mol. The zero-order chi connectivity index (χ0) is 11.4. The maximum Gasteiger partial charge on any atom is 0.295 e. The smallest absolute Gasteiger partial charge is 0.295 e. The van der Waals surface area contributed by atoms with Gasteiger partial charge in [0.1, 0.15) is 5.52 Å². The molecule has 0 aromatic carbocycles. The summed E-state index contributed by atoms with van der Waals surface area (Å²) in [6, 6.07) is 0. The average Bonchev–Trinajstić information content (AvgIpc) is 2.50. The van der Waals surface area contributed by atoms with Gasteiger partial charge in [0.15, 0.2) is 10.3 Å². The highest BCUT2D eigenvalue weighted by atomic mass is 32.7. The number of imidazole rings is 1. The Kier molecular flexibility index (Phi) is 4.15. The first-order chi connectivity index (χ1) is 7.00. The third kappa shape index (κ3) is 3.56. The highest BCUT2D eigenvalue weighted by molar-refractivity contribution is 8.26. The van der Waals surface area contributed by atoms with Crippen LogP contribution in [-0.4, -0.2) is 19.9 Å².